The second-order valence-electron chi connectivity index (χ2n) is 9.08. The topological polar surface area (TPSA) is 54.7 Å². The highest BCUT2D eigenvalue weighted by molar-refractivity contribution is 5.98. The molecule has 31 heavy (non-hydrogen) atoms. The summed E-state index contributed by atoms with van der Waals surface area (Å²) in [7, 11) is 0. The molecular weight excluding hydrogens is 378 g/mol. The van der Waals surface area contributed by atoms with Crippen molar-refractivity contribution in [2.45, 2.75) is 73.3 Å². The Morgan fingerprint density at radius 3 is 2.32 bits per heavy atom. The first-order chi connectivity index (χ1) is 14.9. The number of hydrogen-bond donors (Lipinski definition) is 1. The minimum Gasteiger partial charge on any atom is -0.398 e. The van der Waals surface area contributed by atoms with Gasteiger partial charge in [0.15, 0.2) is 0 Å². The van der Waals surface area contributed by atoms with Crippen molar-refractivity contribution in [2.24, 2.45) is 11.8 Å². The van der Waals surface area contributed by atoms with E-state index in [1.54, 1.807) is 0 Å². The zero-order valence-corrected chi connectivity index (χ0v) is 20.0. The molecule has 2 aromatic carbocycles. The summed E-state index contributed by atoms with van der Waals surface area (Å²) in [5.41, 5.74) is 13.5. The Hall–Kier alpha value is -2.73. The molecule has 0 spiro atoms. The third-order valence-electron chi connectivity index (χ3n) is 7.04. The lowest BCUT2D eigenvalue weighted by Crippen LogP contribution is -2.20. The Bertz CT molecular complexity index is 1090. The second kappa shape index (κ2) is 9.60. The second-order valence-corrected chi connectivity index (χ2v) is 9.08. The molecule has 1 fully saturated rings. The van der Waals surface area contributed by atoms with Crippen LogP contribution >= 0.6 is 0 Å². The first-order valence-corrected chi connectivity index (χ1v) is 11.8. The third kappa shape index (κ3) is 4.35. The maximum Gasteiger partial charge on any atom is 0.0994 e. The van der Waals surface area contributed by atoms with Crippen molar-refractivity contribution in [2.75, 3.05) is 5.73 Å². The van der Waals surface area contributed by atoms with E-state index in [4.69, 9.17) is 5.73 Å². The van der Waals surface area contributed by atoms with E-state index < -0.39 is 0 Å². The lowest BCUT2D eigenvalue weighted by Gasteiger charge is -2.32. The maximum absolute atomic E-state index is 9.60. The molecule has 0 bridgehead atoms. The summed E-state index contributed by atoms with van der Waals surface area (Å²) in [5, 5.41) is 10.8. The molecule has 0 amide bonds. The molecule has 4 rings (SSSR count). The minimum atomic E-state index is 0.523. The lowest BCUT2D eigenvalue weighted by molar-refractivity contribution is 0.228. The quantitative estimate of drug-likeness (QED) is 0.444. The molecule has 0 atom stereocenters. The number of benzene rings is 2. The Balaban J connectivity index is 0.00000132. The van der Waals surface area contributed by atoms with Gasteiger partial charge in [0.2, 0.25) is 0 Å². The summed E-state index contributed by atoms with van der Waals surface area (Å²) < 4.78 is 2.48. The molecule has 3 heteroatoms. The van der Waals surface area contributed by atoms with Gasteiger partial charge < -0.3 is 10.3 Å². The van der Waals surface area contributed by atoms with Crippen LogP contribution in [-0.4, -0.2) is 4.57 Å². The molecule has 1 aromatic heterocycles. The molecule has 0 radical (unpaired) electrons. The number of aromatic nitrogens is 1. The molecule has 3 nitrogen and oxygen atoms in total. The molecule has 1 saturated carbocycles. The van der Waals surface area contributed by atoms with Gasteiger partial charge in [-0.15, -0.1) is 0 Å². The van der Waals surface area contributed by atoms with Gasteiger partial charge in [-0.25, -0.2) is 0 Å². The number of rotatable bonds is 3. The lowest BCUT2D eigenvalue weighted by atomic mass is 9.79. The van der Waals surface area contributed by atoms with Crippen molar-refractivity contribution in [3.05, 3.63) is 53.2 Å². The van der Waals surface area contributed by atoms with Crippen molar-refractivity contribution < 1.29 is 0 Å². The van der Waals surface area contributed by atoms with E-state index in [1.165, 1.54) is 36.8 Å². The molecule has 1 heterocycles. The van der Waals surface area contributed by atoms with Gasteiger partial charge in [0.25, 0.3) is 0 Å². The van der Waals surface area contributed by atoms with Gasteiger partial charge in [-0.3, -0.25) is 0 Å². The van der Waals surface area contributed by atoms with Crippen LogP contribution in [0.4, 0.5) is 5.69 Å². The van der Waals surface area contributed by atoms with E-state index in [1.807, 2.05) is 32.9 Å². The summed E-state index contributed by atoms with van der Waals surface area (Å²) in [6, 6.07) is 13.3. The van der Waals surface area contributed by atoms with Gasteiger partial charge in [0.1, 0.15) is 0 Å². The van der Waals surface area contributed by atoms with Crippen molar-refractivity contribution >= 4 is 16.6 Å². The van der Waals surface area contributed by atoms with Crippen molar-refractivity contribution in [3.63, 3.8) is 0 Å². The van der Waals surface area contributed by atoms with Crippen LogP contribution in [0, 0.1) is 37.0 Å². The highest BCUT2D eigenvalue weighted by Crippen LogP contribution is 2.41. The number of nitrogens with two attached hydrogens (primary N) is 1. The Morgan fingerprint density at radius 2 is 1.71 bits per heavy atom. The van der Waals surface area contributed by atoms with E-state index in [0.717, 1.165) is 45.2 Å². The monoisotopic (exact) mass is 415 g/mol. The molecule has 1 aliphatic carbocycles. The summed E-state index contributed by atoms with van der Waals surface area (Å²) in [4.78, 5) is 0. The zero-order chi connectivity index (χ0) is 22.7. The number of hydrogen-bond acceptors (Lipinski definition) is 2. The molecule has 2 N–H and O–H groups in total. The first-order valence-electron chi connectivity index (χ1n) is 11.8. The summed E-state index contributed by atoms with van der Waals surface area (Å²) in [5.74, 6) is 1.61. The fraction of sp³-hybridized carbons (Fsp3) is 0.464. The molecule has 0 unspecified atom stereocenters. The van der Waals surface area contributed by atoms with Gasteiger partial charge in [0.05, 0.1) is 11.6 Å². The molecular formula is C28H37N3. The number of fused-ring (bicyclic) bond motifs is 1. The van der Waals surface area contributed by atoms with Crippen molar-refractivity contribution in [1.82, 2.24) is 4.57 Å². The number of anilines is 1. The van der Waals surface area contributed by atoms with Crippen LogP contribution in [0.5, 0.6) is 0 Å². The molecule has 0 saturated heterocycles. The van der Waals surface area contributed by atoms with Gasteiger partial charge in [-0.1, -0.05) is 39.8 Å². The van der Waals surface area contributed by atoms with Crippen LogP contribution in [-0.2, 0) is 0 Å². The average molecular weight is 416 g/mol. The van der Waals surface area contributed by atoms with Gasteiger partial charge >= 0.3 is 0 Å². The number of nitriles is 1. The predicted molar refractivity (Wildman–Crippen MR) is 133 cm³/mol. The average Bonchev–Trinajstić information content (AvgIpc) is 3.14. The van der Waals surface area contributed by atoms with E-state index in [0.29, 0.717) is 6.04 Å². The highest BCUT2D eigenvalue weighted by atomic mass is 15.0. The van der Waals surface area contributed by atoms with Crippen molar-refractivity contribution in [3.8, 4) is 17.2 Å². The fourth-order valence-corrected chi connectivity index (χ4v) is 5.03. The standard InChI is InChI=1S/C26H31N3.C2H6/c1-16(2)19-8-10-21(11-9-19)29-15-24(22-6-5-7-25(28)18(22)4)23-13-20(14-27)17(3)12-26(23)29;1-2/h5-7,12-13,15-16,19,21H,8-11,28H2,1-4H3;1-2H3. The van der Waals surface area contributed by atoms with Crippen LogP contribution in [0.2, 0.25) is 0 Å². The molecule has 0 aliphatic heterocycles. The first kappa shape index (κ1) is 22.9. The van der Waals surface area contributed by atoms with E-state index in [2.05, 4.69) is 55.8 Å². The zero-order valence-electron chi connectivity index (χ0n) is 20.0. The fourth-order valence-electron chi connectivity index (χ4n) is 5.03. The number of aryl methyl sites for hydroxylation is 1. The van der Waals surface area contributed by atoms with Gasteiger partial charge in [-0.2, -0.15) is 5.26 Å². The summed E-state index contributed by atoms with van der Waals surface area (Å²) >= 11 is 0. The Labute approximate surface area is 187 Å². The molecule has 3 aromatic rings. The minimum absolute atomic E-state index is 0.523. The largest absolute Gasteiger partial charge is 0.398 e. The highest BCUT2D eigenvalue weighted by Gasteiger charge is 2.26. The van der Waals surface area contributed by atoms with Crippen LogP contribution in [0.25, 0.3) is 22.0 Å². The van der Waals surface area contributed by atoms with Crippen LogP contribution < -0.4 is 5.73 Å². The summed E-state index contributed by atoms with van der Waals surface area (Å²) in [6.07, 6.45) is 7.35. The third-order valence-corrected chi connectivity index (χ3v) is 7.04. The normalized spacial score (nSPS) is 18.5. The Morgan fingerprint density at radius 1 is 1.03 bits per heavy atom. The number of nitrogen functional groups attached to an aromatic ring is 1. The smallest absolute Gasteiger partial charge is 0.0994 e. The predicted octanol–water partition coefficient (Wildman–Crippen LogP) is 7.79. The molecule has 164 valence electrons. The van der Waals surface area contributed by atoms with Gasteiger partial charge in [-0.05, 0) is 86.3 Å². The maximum atomic E-state index is 9.60. The van der Waals surface area contributed by atoms with E-state index >= 15 is 0 Å². The van der Waals surface area contributed by atoms with Gasteiger partial charge in [0, 0.05) is 34.4 Å². The number of nitrogens with zero attached hydrogens (tertiary/aromatic N) is 2. The molecule has 1 aliphatic rings. The van der Waals surface area contributed by atoms with E-state index in [9.17, 15) is 5.26 Å². The van der Waals surface area contributed by atoms with Crippen LogP contribution in [0.1, 0.15) is 76.1 Å². The van der Waals surface area contributed by atoms with E-state index in [-0.39, 0.29) is 0 Å². The van der Waals surface area contributed by atoms with Crippen LogP contribution in [0.15, 0.2) is 36.5 Å². The Kier molecular flexibility index (Phi) is 7.11. The van der Waals surface area contributed by atoms with Crippen LogP contribution in [0.3, 0.4) is 0 Å². The summed E-state index contributed by atoms with van der Waals surface area (Å²) in [6.45, 7) is 12.8. The SMILES string of the molecule is CC.Cc1cc2c(cc1C#N)c(-c1cccc(N)c1C)cn2C1CCC(C(C)C)CC1. The van der Waals surface area contributed by atoms with Crippen molar-refractivity contribution in [1.29, 1.82) is 5.26 Å².